The standard InChI is InChI=1S/C21H36N2O2/c1-16(2)17-11-13-22(14-12-17)21(25)18-9-10-20(24)23(15-18)19-7-5-3-4-6-8-19/h16-19H,3-15H2,1-2H3. The highest BCUT2D eigenvalue weighted by atomic mass is 16.2. The van der Waals surface area contributed by atoms with Crippen molar-refractivity contribution in [2.75, 3.05) is 19.6 Å². The van der Waals surface area contributed by atoms with Crippen molar-refractivity contribution in [2.45, 2.75) is 84.1 Å². The van der Waals surface area contributed by atoms with E-state index in [1.54, 1.807) is 0 Å². The van der Waals surface area contributed by atoms with Gasteiger partial charge in [0.05, 0.1) is 5.92 Å². The van der Waals surface area contributed by atoms with Gasteiger partial charge in [0.1, 0.15) is 0 Å². The summed E-state index contributed by atoms with van der Waals surface area (Å²) in [5.41, 5.74) is 0. The average molecular weight is 349 g/mol. The highest BCUT2D eigenvalue weighted by Gasteiger charge is 2.36. The van der Waals surface area contributed by atoms with Crippen molar-refractivity contribution < 1.29 is 9.59 Å². The van der Waals surface area contributed by atoms with Gasteiger partial charge in [0.25, 0.3) is 0 Å². The molecule has 142 valence electrons. The summed E-state index contributed by atoms with van der Waals surface area (Å²) in [5, 5.41) is 0. The van der Waals surface area contributed by atoms with Crippen LogP contribution < -0.4 is 0 Å². The second-order valence-corrected chi connectivity index (χ2v) is 8.83. The molecule has 0 bridgehead atoms. The minimum absolute atomic E-state index is 0.0385. The van der Waals surface area contributed by atoms with Crippen LogP contribution in [0.4, 0.5) is 0 Å². The molecule has 0 aromatic carbocycles. The summed E-state index contributed by atoms with van der Waals surface area (Å²) in [6, 6.07) is 0.386. The van der Waals surface area contributed by atoms with Gasteiger partial charge in [0.2, 0.25) is 11.8 Å². The maximum absolute atomic E-state index is 13.0. The molecule has 2 amide bonds. The van der Waals surface area contributed by atoms with Crippen LogP contribution in [0.25, 0.3) is 0 Å². The molecule has 3 fully saturated rings. The Hall–Kier alpha value is -1.06. The zero-order valence-electron chi connectivity index (χ0n) is 16.2. The molecule has 2 heterocycles. The Bertz CT molecular complexity index is 461. The van der Waals surface area contributed by atoms with E-state index in [0.29, 0.717) is 24.9 Å². The van der Waals surface area contributed by atoms with E-state index in [4.69, 9.17) is 0 Å². The lowest BCUT2D eigenvalue weighted by Crippen LogP contribution is -2.51. The van der Waals surface area contributed by atoms with E-state index < -0.39 is 0 Å². The van der Waals surface area contributed by atoms with Crippen molar-refractivity contribution >= 4 is 11.8 Å². The van der Waals surface area contributed by atoms with Crippen LogP contribution in [0.3, 0.4) is 0 Å². The summed E-state index contributed by atoms with van der Waals surface area (Å²) in [6.45, 7) is 7.08. The number of amides is 2. The normalized spacial score (nSPS) is 27.6. The summed E-state index contributed by atoms with van der Waals surface area (Å²) in [5.74, 6) is 2.12. The quantitative estimate of drug-likeness (QED) is 0.727. The highest BCUT2D eigenvalue weighted by Crippen LogP contribution is 2.30. The van der Waals surface area contributed by atoms with Gasteiger partial charge in [-0.25, -0.2) is 0 Å². The van der Waals surface area contributed by atoms with Crippen LogP contribution in [-0.4, -0.2) is 47.3 Å². The molecular weight excluding hydrogens is 312 g/mol. The molecule has 2 aliphatic heterocycles. The Labute approximate surface area is 153 Å². The Morgan fingerprint density at radius 3 is 2.20 bits per heavy atom. The second kappa shape index (κ2) is 8.55. The molecule has 0 N–H and O–H groups in total. The maximum atomic E-state index is 13.0. The first kappa shape index (κ1) is 18.7. The Kier molecular flexibility index (Phi) is 6.40. The fourth-order valence-electron chi connectivity index (χ4n) is 5.04. The summed E-state index contributed by atoms with van der Waals surface area (Å²) in [7, 11) is 0. The number of hydrogen-bond donors (Lipinski definition) is 0. The summed E-state index contributed by atoms with van der Waals surface area (Å²) in [6.07, 6.45) is 10.9. The maximum Gasteiger partial charge on any atom is 0.227 e. The van der Waals surface area contributed by atoms with E-state index in [0.717, 1.165) is 57.0 Å². The highest BCUT2D eigenvalue weighted by molar-refractivity contribution is 5.84. The van der Waals surface area contributed by atoms with E-state index >= 15 is 0 Å². The fraction of sp³-hybridized carbons (Fsp3) is 0.905. The lowest BCUT2D eigenvalue weighted by Gasteiger charge is -2.41. The van der Waals surface area contributed by atoms with Gasteiger partial charge in [0.15, 0.2) is 0 Å². The molecule has 25 heavy (non-hydrogen) atoms. The Morgan fingerprint density at radius 1 is 0.960 bits per heavy atom. The first-order valence-electron chi connectivity index (χ1n) is 10.6. The van der Waals surface area contributed by atoms with E-state index in [2.05, 4.69) is 23.6 Å². The Morgan fingerprint density at radius 2 is 1.60 bits per heavy atom. The first-order valence-corrected chi connectivity index (χ1v) is 10.6. The SMILES string of the molecule is CC(C)C1CCN(C(=O)C2CCC(=O)N(C3CCCCCC3)C2)CC1. The van der Waals surface area contributed by atoms with Gasteiger partial charge in [-0.1, -0.05) is 39.5 Å². The average Bonchev–Trinajstić information content (AvgIpc) is 2.91. The molecule has 1 aliphatic carbocycles. The van der Waals surface area contributed by atoms with Crippen LogP contribution >= 0.6 is 0 Å². The molecule has 1 unspecified atom stereocenters. The molecule has 0 aromatic rings. The van der Waals surface area contributed by atoms with Crippen LogP contribution in [0.5, 0.6) is 0 Å². The number of nitrogens with zero attached hydrogens (tertiary/aromatic N) is 2. The van der Waals surface area contributed by atoms with Gasteiger partial charge < -0.3 is 9.80 Å². The summed E-state index contributed by atoms with van der Waals surface area (Å²) < 4.78 is 0. The predicted octanol–water partition coefficient (Wildman–Crippen LogP) is 3.84. The molecule has 2 saturated heterocycles. The number of hydrogen-bond acceptors (Lipinski definition) is 2. The van der Waals surface area contributed by atoms with Gasteiger partial charge in [-0.3, -0.25) is 9.59 Å². The second-order valence-electron chi connectivity index (χ2n) is 8.83. The lowest BCUT2D eigenvalue weighted by molar-refractivity contribution is -0.146. The number of piperidine rings is 2. The zero-order chi connectivity index (χ0) is 17.8. The van der Waals surface area contributed by atoms with Gasteiger partial charge in [-0.05, 0) is 43.9 Å². The van der Waals surface area contributed by atoms with E-state index in [1.807, 2.05) is 0 Å². The Balaban J connectivity index is 1.57. The molecule has 4 heteroatoms. The summed E-state index contributed by atoms with van der Waals surface area (Å²) in [4.78, 5) is 29.7. The van der Waals surface area contributed by atoms with Crippen molar-refractivity contribution in [1.82, 2.24) is 9.80 Å². The molecule has 1 saturated carbocycles. The lowest BCUT2D eigenvalue weighted by atomic mass is 9.86. The molecule has 3 rings (SSSR count). The molecule has 3 aliphatic rings. The number of carbonyl (C=O) groups excluding carboxylic acids is 2. The topological polar surface area (TPSA) is 40.6 Å². The first-order chi connectivity index (χ1) is 12.1. The third kappa shape index (κ3) is 4.57. The van der Waals surface area contributed by atoms with E-state index in [9.17, 15) is 9.59 Å². The third-order valence-electron chi connectivity index (χ3n) is 6.85. The minimum atomic E-state index is 0.0385. The van der Waals surface area contributed by atoms with Crippen LogP contribution in [0.15, 0.2) is 0 Å². The van der Waals surface area contributed by atoms with Crippen LogP contribution in [-0.2, 0) is 9.59 Å². The van der Waals surface area contributed by atoms with Crippen LogP contribution in [0.2, 0.25) is 0 Å². The smallest absolute Gasteiger partial charge is 0.227 e. The third-order valence-corrected chi connectivity index (χ3v) is 6.85. The fourth-order valence-corrected chi connectivity index (χ4v) is 5.04. The minimum Gasteiger partial charge on any atom is -0.342 e. The molecular formula is C21H36N2O2. The molecule has 1 atom stereocenters. The zero-order valence-corrected chi connectivity index (χ0v) is 16.2. The number of carbonyl (C=O) groups is 2. The van der Waals surface area contributed by atoms with Crippen molar-refractivity contribution in [3.05, 3.63) is 0 Å². The van der Waals surface area contributed by atoms with Gasteiger partial charge in [-0.15, -0.1) is 0 Å². The summed E-state index contributed by atoms with van der Waals surface area (Å²) >= 11 is 0. The van der Waals surface area contributed by atoms with Gasteiger partial charge in [-0.2, -0.15) is 0 Å². The largest absolute Gasteiger partial charge is 0.342 e. The van der Waals surface area contributed by atoms with Crippen molar-refractivity contribution in [3.63, 3.8) is 0 Å². The van der Waals surface area contributed by atoms with Gasteiger partial charge >= 0.3 is 0 Å². The van der Waals surface area contributed by atoms with Crippen LogP contribution in [0.1, 0.15) is 78.1 Å². The predicted molar refractivity (Wildman–Crippen MR) is 100 cm³/mol. The molecule has 4 nitrogen and oxygen atoms in total. The number of rotatable bonds is 3. The van der Waals surface area contributed by atoms with Gasteiger partial charge in [0, 0.05) is 32.1 Å². The van der Waals surface area contributed by atoms with Crippen molar-refractivity contribution in [1.29, 1.82) is 0 Å². The molecule has 0 aromatic heterocycles. The van der Waals surface area contributed by atoms with Crippen molar-refractivity contribution in [3.8, 4) is 0 Å². The van der Waals surface area contributed by atoms with Crippen LogP contribution in [0, 0.1) is 17.8 Å². The number of likely N-dealkylation sites (tertiary alicyclic amines) is 2. The van der Waals surface area contributed by atoms with E-state index in [-0.39, 0.29) is 11.8 Å². The van der Waals surface area contributed by atoms with Crippen molar-refractivity contribution in [2.24, 2.45) is 17.8 Å². The van der Waals surface area contributed by atoms with E-state index in [1.165, 1.54) is 25.7 Å². The molecule has 0 spiro atoms. The monoisotopic (exact) mass is 348 g/mol. The molecule has 0 radical (unpaired) electrons.